The quantitative estimate of drug-likeness (QED) is 0.914. The standard InChI is InChI=1S/C18H21NOS/c1-3-19-18(14-9-5-4-8-13(14)2)16-12-21-17-11-7-6-10-15(17)20-16/h4-11,16,18-19H,3,12H2,1-2H3. The highest BCUT2D eigenvalue weighted by atomic mass is 32.2. The molecule has 2 aromatic rings. The number of ether oxygens (including phenoxy) is 1. The van der Waals surface area contributed by atoms with Crippen LogP contribution in [0.25, 0.3) is 0 Å². The van der Waals surface area contributed by atoms with Crippen LogP contribution in [0.1, 0.15) is 24.1 Å². The Morgan fingerprint density at radius 2 is 1.95 bits per heavy atom. The zero-order chi connectivity index (χ0) is 14.7. The number of rotatable bonds is 4. The van der Waals surface area contributed by atoms with Crippen molar-refractivity contribution < 1.29 is 4.74 Å². The third-order valence-corrected chi connectivity index (χ3v) is 4.99. The largest absolute Gasteiger partial charge is 0.486 e. The van der Waals surface area contributed by atoms with Crippen LogP contribution in [-0.4, -0.2) is 18.4 Å². The monoisotopic (exact) mass is 299 g/mol. The normalized spacial score (nSPS) is 18.7. The molecule has 0 bridgehead atoms. The van der Waals surface area contributed by atoms with Crippen LogP contribution in [0.3, 0.4) is 0 Å². The van der Waals surface area contributed by atoms with Crippen molar-refractivity contribution in [1.82, 2.24) is 5.32 Å². The predicted molar refractivity (Wildman–Crippen MR) is 89.2 cm³/mol. The molecule has 1 aliphatic heterocycles. The minimum Gasteiger partial charge on any atom is -0.486 e. The van der Waals surface area contributed by atoms with Crippen molar-refractivity contribution in [1.29, 1.82) is 0 Å². The minimum atomic E-state index is 0.158. The molecule has 2 atom stereocenters. The van der Waals surface area contributed by atoms with E-state index in [1.54, 1.807) is 0 Å². The molecule has 1 N–H and O–H groups in total. The average Bonchev–Trinajstić information content (AvgIpc) is 2.53. The number of hydrogen-bond donors (Lipinski definition) is 1. The summed E-state index contributed by atoms with van der Waals surface area (Å²) in [6.45, 7) is 5.25. The zero-order valence-electron chi connectivity index (χ0n) is 12.5. The molecule has 3 rings (SSSR count). The first-order valence-corrected chi connectivity index (χ1v) is 8.45. The molecule has 110 valence electrons. The van der Waals surface area contributed by atoms with E-state index < -0.39 is 0 Å². The maximum atomic E-state index is 6.27. The molecule has 3 heteroatoms. The minimum absolute atomic E-state index is 0.158. The molecule has 0 fully saturated rings. The van der Waals surface area contributed by atoms with Gasteiger partial charge < -0.3 is 10.1 Å². The molecule has 2 nitrogen and oxygen atoms in total. The average molecular weight is 299 g/mol. The third kappa shape index (κ3) is 3.09. The molecule has 21 heavy (non-hydrogen) atoms. The second-order valence-corrected chi connectivity index (χ2v) is 6.37. The molecule has 0 saturated heterocycles. The van der Waals surface area contributed by atoms with Crippen molar-refractivity contribution in [3.8, 4) is 5.75 Å². The SMILES string of the molecule is CCNC(c1ccccc1C)C1CSc2ccccc2O1. The molecular weight excluding hydrogens is 278 g/mol. The summed E-state index contributed by atoms with van der Waals surface area (Å²) in [4.78, 5) is 1.24. The van der Waals surface area contributed by atoms with Gasteiger partial charge in [-0.25, -0.2) is 0 Å². The lowest BCUT2D eigenvalue weighted by Gasteiger charge is -2.33. The lowest BCUT2D eigenvalue weighted by atomic mass is 9.97. The fraction of sp³-hybridized carbons (Fsp3) is 0.333. The first-order chi connectivity index (χ1) is 10.3. The summed E-state index contributed by atoms with van der Waals surface area (Å²) in [7, 11) is 0. The van der Waals surface area contributed by atoms with Crippen LogP contribution in [0.2, 0.25) is 0 Å². The summed E-state index contributed by atoms with van der Waals surface area (Å²) in [5.74, 6) is 1.98. The third-order valence-electron chi connectivity index (χ3n) is 3.85. The van der Waals surface area contributed by atoms with E-state index in [0.29, 0.717) is 0 Å². The fourth-order valence-corrected chi connectivity index (χ4v) is 3.83. The number of para-hydroxylation sites is 1. The Bertz CT molecular complexity index is 614. The zero-order valence-corrected chi connectivity index (χ0v) is 13.3. The highest BCUT2D eigenvalue weighted by molar-refractivity contribution is 7.99. The van der Waals surface area contributed by atoms with E-state index in [1.165, 1.54) is 16.0 Å². The van der Waals surface area contributed by atoms with Crippen molar-refractivity contribution in [3.05, 3.63) is 59.7 Å². The van der Waals surface area contributed by atoms with E-state index in [1.807, 2.05) is 17.8 Å². The van der Waals surface area contributed by atoms with E-state index in [-0.39, 0.29) is 12.1 Å². The Hall–Kier alpha value is -1.45. The van der Waals surface area contributed by atoms with Gasteiger partial charge in [0.25, 0.3) is 0 Å². The number of nitrogens with one attached hydrogen (secondary N) is 1. The van der Waals surface area contributed by atoms with E-state index in [4.69, 9.17) is 4.74 Å². The lowest BCUT2D eigenvalue weighted by Crippen LogP contribution is -2.39. The summed E-state index contributed by atoms with van der Waals surface area (Å²) < 4.78 is 6.27. The Kier molecular flexibility index (Phi) is 4.51. The van der Waals surface area contributed by atoms with Crippen molar-refractivity contribution in [2.75, 3.05) is 12.3 Å². The molecule has 0 aliphatic carbocycles. The molecule has 0 spiro atoms. The highest BCUT2D eigenvalue weighted by Crippen LogP contribution is 2.38. The summed E-state index contributed by atoms with van der Waals surface area (Å²) in [5.41, 5.74) is 2.65. The van der Waals surface area contributed by atoms with Crippen LogP contribution in [0.15, 0.2) is 53.4 Å². The number of fused-ring (bicyclic) bond motifs is 1. The van der Waals surface area contributed by atoms with Crippen molar-refractivity contribution in [3.63, 3.8) is 0 Å². The smallest absolute Gasteiger partial charge is 0.133 e. The van der Waals surface area contributed by atoms with E-state index in [2.05, 4.69) is 61.6 Å². The van der Waals surface area contributed by atoms with Crippen LogP contribution in [0.5, 0.6) is 5.75 Å². The van der Waals surface area contributed by atoms with Crippen molar-refractivity contribution in [2.45, 2.75) is 30.9 Å². The van der Waals surface area contributed by atoms with E-state index in [0.717, 1.165) is 18.0 Å². The number of likely N-dealkylation sites (N-methyl/N-ethyl adjacent to an activating group) is 1. The van der Waals surface area contributed by atoms with Gasteiger partial charge in [-0.3, -0.25) is 0 Å². The van der Waals surface area contributed by atoms with E-state index in [9.17, 15) is 0 Å². The molecule has 2 aromatic carbocycles. The highest BCUT2D eigenvalue weighted by Gasteiger charge is 2.29. The lowest BCUT2D eigenvalue weighted by molar-refractivity contribution is 0.167. The Morgan fingerprint density at radius 3 is 2.76 bits per heavy atom. The molecule has 0 aromatic heterocycles. The number of aryl methyl sites for hydroxylation is 1. The number of thioether (sulfide) groups is 1. The van der Waals surface area contributed by atoms with Gasteiger partial charge in [0.05, 0.1) is 6.04 Å². The summed E-state index contributed by atoms with van der Waals surface area (Å²) in [5, 5.41) is 3.60. The molecular formula is C18H21NOS. The van der Waals surface area contributed by atoms with Gasteiger partial charge in [0.15, 0.2) is 0 Å². The van der Waals surface area contributed by atoms with Gasteiger partial charge in [0.2, 0.25) is 0 Å². The molecule has 1 heterocycles. The predicted octanol–water partition coefficient (Wildman–Crippen LogP) is 4.20. The summed E-state index contributed by atoms with van der Waals surface area (Å²) >= 11 is 1.89. The molecule has 0 radical (unpaired) electrons. The summed E-state index contributed by atoms with van der Waals surface area (Å²) in [6, 6.07) is 17.1. The van der Waals surface area contributed by atoms with Gasteiger partial charge in [-0.05, 0) is 36.7 Å². The molecule has 2 unspecified atom stereocenters. The Labute approximate surface area is 130 Å². The van der Waals surface area contributed by atoms with Gasteiger partial charge in [0, 0.05) is 10.6 Å². The first kappa shape index (κ1) is 14.5. The van der Waals surface area contributed by atoms with Crippen LogP contribution in [0.4, 0.5) is 0 Å². The molecule has 1 aliphatic rings. The van der Waals surface area contributed by atoms with Gasteiger partial charge in [0.1, 0.15) is 11.9 Å². The fourth-order valence-electron chi connectivity index (χ4n) is 2.80. The number of hydrogen-bond acceptors (Lipinski definition) is 3. The van der Waals surface area contributed by atoms with Crippen LogP contribution >= 0.6 is 11.8 Å². The van der Waals surface area contributed by atoms with Gasteiger partial charge >= 0.3 is 0 Å². The Balaban J connectivity index is 1.88. The van der Waals surface area contributed by atoms with Gasteiger partial charge in [-0.2, -0.15) is 0 Å². The maximum absolute atomic E-state index is 6.27. The second-order valence-electron chi connectivity index (χ2n) is 5.31. The topological polar surface area (TPSA) is 21.3 Å². The van der Waals surface area contributed by atoms with Crippen LogP contribution < -0.4 is 10.1 Å². The van der Waals surface area contributed by atoms with Gasteiger partial charge in [-0.15, -0.1) is 11.8 Å². The van der Waals surface area contributed by atoms with Crippen molar-refractivity contribution in [2.24, 2.45) is 0 Å². The van der Waals surface area contributed by atoms with Crippen LogP contribution in [0, 0.1) is 6.92 Å². The number of benzene rings is 2. The molecule has 0 saturated carbocycles. The van der Waals surface area contributed by atoms with Crippen molar-refractivity contribution >= 4 is 11.8 Å². The maximum Gasteiger partial charge on any atom is 0.133 e. The van der Waals surface area contributed by atoms with Gasteiger partial charge in [-0.1, -0.05) is 43.3 Å². The second kappa shape index (κ2) is 6.54. The van der Waals surface area contributed by atoms with Crippen LogP contribution in [-0.2, 0) is 0 Å². The summed E-state index contributed by atoms with van der Waals surface area (Å²) in [6.07, 6.45) is 0.158. The molecule has 0 amide bonds. The first-order valence-electron chi connectivity index (χ1n) is 7.47. The van der Waals surface area contributed by atoms with E-state index >= 15 is 0 Å². The Morgan fingerprint density at radius 1 is 1.19 bits per heavy atom.